The van der Waals surface area contributed by atoms with Gasteiger partial charge in [-0.1, -0.05) is 91.0 Å². The van der Waals surface area contributed by atoms with Crippen LogP contribution in [-0.2, 0) is 0 Å². The summed E-state index contributed by atoms with van der Waals surface area (Å²) in [5.74, 6) is 1.23. The molecule has 0 aliphatic carbocycles. The number of hydrogen-bond acceptors (Lipinski definition) is 6. The number of thiophene rings is 1. The van der Waals surface area contributed by atoms with E-state index in [1.165, 1.54) is 25.9 Å². The average molecular weight is 738 g/mol. The minimum Gasteiger partial charge on any atom is -0.436 e. The summed E-state index contributed by atoms with van der Waals surface area (Å²) in [6.07, 6.45) is 0. The Kier molecular flexibility index (Phi) is 7.60. The number of nitrogens with zero attached hydrogens (tertiary/aromatic N) is 3. The van der Waals surface area contributed by atoms with E-state index in [-0.39, 0.29) is 0 Å². The first-order valence-corrected chi connectivity index (χ1v) is 19.4. The van der Waals surface area contributed by atoms with Crippen LogP contribution in [0.5, 0.6) is 0 Å². The van der Waals surface area contributed by atoms with E-state index in [1.54, 1.807) is 0 Å². The zero-order valence-electron chi connectivity index (χ0n) is 30.0. The van der Waals surface area contributed by atoms with Gasteiger partial charge in [0.15, 0.2) is 11.2 Å². The van der Waals surface area contributed by atoms with Gasteiger partial charge >= 0.3 is 0 Å². The molecular weight excluding hydrogens is 707 g/mol. The Balaban J connectivity index is 0.931. The van der Waals surface area contributed by atoms with Gasteiger partial charge in [0.1, 0.15) is 11.0 Å². The Hall–Kier alpha value is -7.28. The third-order valence-corrected chi connectivity index (χ3v) is 11.5. The van der Waals surface area contributed by atoms with Crippen LogP contribution in [0.4, 0.5) is 17.1 Å². The Morgan fingerprint density at radius 1 is 0.375 bits per heavy atom. The topological polar surface area (TPSA) is 55.3 Å². The first kappa shape index (κ1) is 32.2. The molecule has 0 spiro atoms. The molecule has 11 rings (SSSR count). The smallest absolute Gasteiger partial charge is 0.227 e. The van der Waals surface area contributed by atoms with Crippen LogP contribution in [0.1, 0.15) is 0 Å². The molecule has 3 aromatic heterocycles. The van der Waals surface area contributed by atoms with Crippen LogP contribution in [-0.4, -0.2) is 9.97 Å². The van der Waals surface area contributed by atoms with Crippen molar-refractivity contribution in [2.45, 2.75) is 0 Å². The summed E-state index contributed by atoms with van der Waals surface area (Å²) in [6.45, 7) is 0. The molecule has 0 atom stereocenters. The zero-order valence-corrected chi connectivity index (χ0v) is 30.8. The average Bonchev–Trinajstić information content (AvgIpc) is 4.01. The maximum atomic E-state index is 6.33. The van der Waals surface area contributed by atoms with Crippen molar-refractivity contribution in [3.63, 3.8) is 0 Å². The van der Waals surface area contributed by atoms with Crippen molar-refractivity contribution in [3.05, 3.63) is 188 Å². The van der Waals surface area contributed by atoms with E-state index in [0.717, 1.165) is 66.9 Å². The highest BCUT2D eigenvalue weighted by molar-refractivity contribution is 7.22. The lowest BCUT2D eigenvalue weighted by molar-refractivity contribution is 0.619. The van der Waals surface area contributed by atoms with Gasteiger partial charge in [-0.2, -0.15) is 0 Å². The quantitative estimate of drug-likeness (QED) is 0.163. The van der Waals surface area contributed by atoms with E-state index >= 15 is 0 Å². The first-order chi connectivity index (χ1) is 27.7. The number of anilines is 3. The van der Waals surface area contributed by atoms with Crippen LogP contribution >= 0.6 is 11.3 Å². The number of para-hydroxylation sites is 2. The number of benzene rings is 8. The molecule has 0 saturated heterocycles. The van der Waals surface area contributed by atoms with Crippen LogP contribution < -0.4 is 4.90 Å². The maximum Gasteiger partial charge on any atom is 0.227 e. The minimum absolute atomic E-state index is 0.606. The summed E-state index contributed by atoms with van der Waals surface area (Å²) in [4.78, 5) is 13.1. The highest BCUT2D eigenvalue weighted by Crippen LogP contribution is 2.40. The van der Waals surface area contributed by atoms with Gasteiger partial charge < -0.3 is 13.7 Å². The summed E-state index contributed by atoms with van der Waals surface area (Å²) in [5.41, 5.74) is 11.6. The van der Waals surface area contributed by atoms with Crippen LogP contribution in [0.15, 0.2) is 197 Å². The van der Waals surface area contributed by atoms with Crippen molar-refractivity contribution in [1.82, 2.24) is 9.97 Å². The number of oxazole rings is 2. The van der Waals surface area contributed by atoms with Gasteiger partial charge in [-0.25, -0.2) is 9.97 Å². The summed E-state index contributed by atoms with van der Waals surface area (Å²) in [5, 5.41) is 3.62. The van der Waals surface area contributed by atoms with Crippen LogP contribution in [0.3, 0.4) is 0 Å². The molecule has 0 saturated carbocycles. The summed E-state index contributed by atoms with van der Waals surface area (Å²) in [7, 11) is 0. The SMILES string of the molecule is c1ccc2cc(-c3nc4ccc(-c5ccc(N(c6ccc(-c7nc8ccccc8o7)cc6)c6ccc(-c7cc8ccccc8s7)cc6)cc5)cc4o3)ccc2c1. The molecule has 0 fully saturated rings. The summed E-state index contributed by atoms with van der Waals surface area (Å²) in [6, 6.07) is 65.5. The van der Waals surface area contributed by atoms with Crippen molar-refractivity contribution in [3.8, 4) is 44.5 Å². The predicted octanol–water partition coefficient (Wildman–Crippen LogP) is 14.5. The third-order valence-electron chi connectivity index (χ3n) is 10.3. The van der Waals surface area contributed by atoms with Gasteiger partial charge in [0.2, 0.25) is 11.8 Å². The number of aromatic nitrogens is 2. The Morgan fingerprint density at radius 3 is 1.66 bits per heavy atom. The summed E-state index contributed by atoms with van der Waals surface area (Å²) < 4.78 is 13.7. The lowest BCUT2D eigenvalue weighted by atomic mass is 10.0. The van der Waals surface area contributed by atoms with E-state index in [4.69, 9.17) is 18.8 Å². The van der Waals surface area contributed by atoms with Gasteiger partial charge in [-0.3, -0.25) is 0 Å². The highest BCUT2D eigenvalue weighted by atomic mass is 32.1. The van der Waals surface area contributed by atoms with Gasteiger partial charge in [0, 0.05) is 37.8 Å². The third kappa shape index (κ3) is 5.80. The van der Waals surface area contributed by atoms with Gasteiger partial charge in [0.05, 0.1) is 0 Å². The normalized spacial score (nSPS) is 11.6. The highest BCUT2D eigenvalue weighted by Gasteiger charge is 2.16. The second-order valence-corrected chi connectivity index (χ2v) is 15.0. The van der Waals surface area contributed by atoms with Crippen LogP contribution in [0.25, 0.3) is 87.5 Å². The Labute approximate surface area is 326 Å². The van der Waals surface area contributed by atoms with Crippen molar-refractivity contribution < 1.29 is 8.83 Å². The predicted molar refractivity (Wildman–Crippen MR) is 231 cm³/mol. The second kappa shape index (κ2) is 13.2. The molecule has 0 bridgehead atoms. The van der Waals surface area contributed by atoms with Crippen molar-refractivity contribution in [2.24, 2.45) is 0 Å². The monoisotopic (exact) mass is 737 g/mol. The fourth-order valence-electron chi connectivity index (χ4n) is 7.45. The lowest BCUT2D eigenvalue weighted by Gasteiger charge is -2.26. The molecule has 5 nitrogen and oxygen atoms in total. The molecule has 3 heterocycles. The van der Waals surface area contributed by atoms with Crippen molar-refractivity contribution >= 4 is 71.5 Å². The molecule has 56 heavy (non-hydrogen) atoms. The molecule has 0 N–H and O–H groups in total. The fraction of sp³-hybridized carbons (Fsp3) is 0. The van der Waals surface area contributed by atoms with E-state index < -0.39 is 0 Å². The van der Waals surface area contributed by atoms with Crippen LogP contribution in [0, 0.1) is 0 Å². The number of hydrogen-bond donors (Lipinski definition) is 0. The fourth-order valence-corrected chi connectivity index (χ4v) is 8.52. The Morgan fingerprint density at radius 2 is 0.929 bits per heavy atom. The molecule has 11 aromatic rings. The minimum atomic E-state index is 0.606. The molecule has 264 valence electrons. The standard InChI is InChI=1S/C50H31N3O2S/c1-2-8-36-29-39(14-13-32(36)7-1)50-52-44-28-21-37(30-46(44)55-50)33-15-22-40(23-16-33)53(41-24-17-34(18-25-41)48-31-38-9-3-6-12-47(38)56-48)42-26-19-35(20-27-42)49-51-43-10-4-5-11-45(43)54-49/h1-31H. The first-order valence-electron chi connectivity index (χ1n) is 18.5. The van der Waals surface area contributed by atoms with Crippen LogP contribution in [0.2, 0.25) is 0 Å². The van der Waals surface area contributed by atoms with Crippen molar-refractivity contribution in [1.29, 1.82) is 0 Å². The van der Waals surface area contributed by atoms with Gasteiger partial charge in [-0.05, 0) is 130 Å². The molecule has 0 unspecified atom stereocenters. The number of rotatable bonds is 7. The molecule has 8 aromatic carbocycles. The molecule has 0 aliphatic heterocycles. The largest absolute Gasteiger partial charge is 0.436 e. The molecule has 0 aliphatic rings. The summed E-state index contributed by atoms with van der Waals surface area (Å²) >= 11 is 1.82. The van der Waals surface area contributed by atoms with Gasteiger partial charge in [-0.15, -0.1) is 11.3 Å². The molecule has 0 amide bonds. The molecule has 6 heteroatoms. The molecule has 0 radical (unpaired) electrons. The lowest BCUT2D eigenvalue weighted by Crippen LogP contribution is -2.09. The van der Waals surface area contributed by atoms with E-state index in [9.17, 15) is 0 Å². The van der Waals surface area contributed by atoms with E-state index in [2.05, 4.69) is 163 Å². The Bertz CT molecular complexity index is 3010. The number of fused-ring (bicyclic) bond motifs is 4. The van der Waals surface area contributed by atoms with Gasteiger partial charge in [0.25, 0.3) is 0 Å². The maximum absolute atomic E-state index is 6.33. The van der Waals surface area contributed by atoms with E-state index in [1.807, 2.05) is 41.7 Å². The zero-order chi connectivity index (χ0) is 37.0. The molecular formula is C50H31N3O2S. The van der Waals surface area contributed by atoms with E-state index in [0.29, 0.717) is 11.8 Å². The van der Waals surface area contributed by atoms with Crippen molar-refractivity contribution in [2.75, 3.05) is 4.90 Å². The second-order valence-electron chi connectivity index (χ2n) is 13.9.